The molecule has 0 aromatic rings. The quantitative estimate of drug-likeness (QED) is 0.588. The van der Waals surface area contributed by atoms with Gasteiger partial charge in [-0.05, 0) is 12.8 Å². The molecule has 0 spiro atoms. The summed E-state index contributed by atoms with van der Waals surface area (Å²) in [4.78, 5) is 5.29. The Hall–Kier alpha value is -0.0800. The van der Waals surface area contributed by atoms with Crippen molar-refractivity contribution < 1.29 is 0 Å². The second-order valence-corrected chi connectivity index (χ2v) is 3.69. The minimum absolute atomic E-state index is 0.814. The highest BCUT2D eigenvalue weighted by molar-refractivity contribution is 4.85. The fourth-order valence-electron chi connectivity index (χ4n) is 2.41. The molecule has 2 aliphatic rings. The first-order valence-electron chi connectivity index (χ1n) is 4.90. The van der Waals surface area contributed by atoms with Crippen LogP contribution in [0.1, 0.15) is 26.2 Å². The molecule has 2 fully saturated rings. The molecule has 0 radical (unpaired) electrons. The average molecular weight is 154 g/mol. The van der Waals surface area contributed by atoms with Crippen LogP contribution in [0.3, 0.4) is 0 Å². The van der Waals surface area contributed by atoms with Gasteiger partial charge in [-0.3, -0.25) is 9.80 Å². The van der Waals surface area contributed by atoms with Crippen molar-refractivity contribution in [3.05, 3.63) is 0 Å². The lowest BCUT2D eigenvalue weighted by molar-refractivity contribution is 0.0847. The molecule has 2 rings (SSSR count). The Morgan fingerprint density at radius 2 is 1.73 bits per heavy atom. The van der Waals surface area contributed by atoms with Crippen LogP contribution in [0.25, 0.3) is 0 Å². The standard InChI is InChI=1S/C9H18N2/c1-2-4-9-10-5-3-6-11(9)8-7-10/h9H,2-8H2,1H3. The van der Waals surface area contributed by atoms with Crippen molar-refractivity contribution in [2.24, 2.45) is 0 Å². The first kappa shape index (κ1) is 7.56. The molecule has 0 aromatic heterocycles. The van der Waals surface area contributed by atoms with Gasteiger partial charge >= 0.3 is 0 Å². The average Bonchev–Trinajstić information content (AvgIpc) is 2.30. The number of rotatable bonds is 2. The molecule has 2 aliphatic heterocycles. The molecular formula is C9H18N2. The zero-order valence-electron chi connectivity index (χ0n) is 7.42. The molecule has 2 nitrogen and oxygen atoms in total. The second kappa shape index (κ2) is 3.11. The zero-order chi connectivity index (χ0) is 7.68. The summed E-state index contributed by atoms with van der Waals surface area (Å²) in [5.74, 6) is 0. The first-order valence-corrected chi connectivity index (χ1v) is 4.90. The van der Waals surface area contributed by atoms with Crippen molar-refractivity contribution in [1.29, 1.82) is 0 Å². The first-order chi connectivity index (χ1) is 5.42. The van der Waals surface area contributed by atoms with Gasteiger partial charge in [-0.2, -0.15) is 0 Å². The SMILES string of the molecule is CCCC1N2CCCN1CC2. The third kappa shape index (κ3) is 1.30. The lowest BCUT2D eigenvalue weighted by atomic mass is 10.2. The highest BCUT2D eigenvalue weighted by Crippen LogP contribution is 2.23. The predicted molar refractivity (Wildman–Crippen MR) is 46.5 cm³/mol. The van der Waals surface area contributed by atoms with E-state index < -0.39 is 0 Å². The van der Waals surface area contributed by atoms with E-state index in [2.05, 4.69) is 16.7 Å². The van der Waals surface area contributed by atoms with Gasteiger partial charge in [-0.25, -0.2) is 0 Å². The Kier molecular flexibility index (Phi) is 2.14. The van der Waals surface area contributed by atoms with E-state index >= 15 is 0 Å². The van der Waals surface area contributed by atoms with E-state index in [0.29, 0.717) is 0 Å². The molecule has 2 heterocycles. The summed E-state index contributed by atoms with van der Waals surface area (Å²) >= 11 is 0. The van der Waals surface area contributed by atoms with E-state index in [9.17, 15) is 0 Å². The van der Waals surface area contributed by atoms with Crippen molar-refractivity contribution in [1.82, 2.24) is 9.80 Å². The Balaban J connectivity index is 1.97. The van der Waals surface area contributed by atoms with Gasteiger partial charge < -0.3 is 0 Å². The van der Waals surface area contributed by atoms with Crippen LogP contribution >= 0.6 is 0 Å². The maximum Gasteiger partial charge on any atom is 0.0623 e. The summed E-state index contributed by atoms with van der Waals surface area (Å²) in [7, 11) is 0. The van der Waals surface area contributed by atoms with Crippen LogP contribution in [-0.2, 0) is 0 Å². The lowest BCUT2D eigenvalue weighted by Gasteiger charge is -2.34. The van der Waals surface area contributed by atoms with Crippen molar-refractivity contribution in [3.63, 3.8) is 0 Å². The molecule has 2 unspecified atom stereocenters. The largest absolute Gasteiger partial charge is 0.287 e. The topological polar surface area (TPSA) is 6.48 Å². The van der Waals surface area contributed by atoms with Crippen molar-refractivity contribution in [3.8, 4) is 0 Å². The van der Waals surface area contributed by atoms with Crippen LogP contribution < -0.4 is 0 Å². The van der Waals surface area contributed by atoms with Crippen LogP contribution in [0.4, 0.5) is 0 Å². The summed E-state index contributed by atoms with van der Waals surface area (Å²) in [5, 5.41) is 0. The normalized spacial score (nSPS) is 42.8. The molecule has 11 heavy (non-hydrogen) atoms. The summed E-state index contributed by atoms with van der Waals surface area (Å²) in [6, 6.07) is 0. The Bertz CT molecular complexity index is 120. The Morgan fingerprint density at radius 3 is 2.27 bits per heavy atom. The number of hydrogen-bond donors (Lipinski definition) is 0. The van der Waals surface area contributed by atoms with Crippen LogP contribution in [0.2, 0.25) is 0 Å². The van der Waals surface area contributed by atoms with Gasteiger partial charge in [0.2, 0.25) is 0 Å². The number of fused-ring (bicyclic) bond motifs is 2. The van der Waals surface area contributed by atoms with Gasteiger partial charge in [-0.1, -0.05) is 13.3 Å². The minimum atomic E-state index is 0.814. The van der Waals surface area contributed by atoms with Gasteiger partial charge in [0.25, 0.3) is 0 Å². The highest BCUT2D eigenvalue weighted by atomic mass is 15.4. The second-order valence-electron chi connectivity index (χ2n) is 3.69. The van der Waals surface area contributed by atoms with Crippen LogP contribution in [-0.4, -0.2) is 42.1 Å². The summed E-state index contributed by atoms with van der Waals surface area (Å²) in [6.45, 7) is 7.63. The van der Waals surface area contributed by atoms with Gasteiger partial charge in [0.05, 0.1) is 6.17 Å². The molecule has 2 saturated heterocycles. The third-order valence-electron chi connectivity index (χ3n) is 2.95. The van der Waals surface area contributed by atoms with Gasteiger partial charge in [-0.15, -0.1) is 0 Å². The van der Waals surface area contributed by atoms with Crippen molar-refractivity contribution in [2.45, 2.75) is 32.4 Å². The monoisotopic (exact) mass is 154 g/mol. The highest BCUT2D eigenvalue weighted by Gasteiger charge is 2.33. The third-order valence-corrected chi connectivity index (χ3v) is 2.95. The van der Waals surface area contributed by atoms with Crippen LogP contribution in [0.15, 0.2) is 0 Å². The molecule has 0 aliphatic carbocycles. The molecule has 0 saturated carbocycles. The van der Waals surface area contributed by atoms with Crippen LogP contribution in [0, 0.1) is 0 Å². The summed E-state index contributed by atoms with van der Waals surface area (Å²) < 4.78 is 0. The Labute approximate surface area is 69.2 Å². The molecule has 0 aromatic carbocycles. The maximum atomic E-state index is 2.65. The predicted octanol–water partition coefficient (Wildman–Crippen LogP) is 1.13. The zero-order valence-corrected chi connectivity index (χ0v) is 7.42. The lowest BCUT2D eigenvalue weighted by Crippen LogP contribution is -2.44. The van der Waals surface area contributed by atoms with Crippen molar-refractivity contribution >= 4 is 0 Å². The molecular weight excluding hydrogens is 136 g/mol. The molecule has 2 bridgehead atoms. The van der Waals surface area contributed by atoms with E-state index in [1.807, 2.05) is 0 Å². The molecule has 64 valence electrons. The molecule has 2 heteroatoms. The fraction of sp³-hybridized carbons (Fsp3) is 1.00. The summed E-state index contributed by atoms with van der Waals surface area (Å²) in [6.07, 6.45) is 4.91. The molecule has 0 N–H and O–H groups in total. The van der Waals surface area contributed by atoms with E-state index in [1.54, 1.807) is 0 Å². The van der Waals surface area contributed by atoms with E-state index in [0.717, 1.165) is 6.17 Å². The number of hydrogen-bond acceptors (Lipinski definition) is 2. The number of nitrogens with zero attached hydrogens (tertiary/aromatic N) is 2. The maximum absolute atomic E-state index is 2.65. The van der Waals surface area contributed by atoms with Crippen LogP contribution in [0.5, 0.6) is 0 Å². The summed E-state index contributed by atoms with van der Waals surface area (Å²) in [5.41, 5.74) is 0. The molecule has 0 amide bonds. The Morgan fingerprint density at radius 1 is 1.09 bits per heavy atom. The fourth-order valence-corrected chi connectivity index (χ4v) is 2.41. The van der Waals surface area contributed by atoms with Gasteiger partial charge in [0, 0.05) is 26.2 Å². The van der Waals surface area contributed by atoms with E-state index in [1.165, 1.54) is 45.4 Å². The van der Waals surface area contributed by atoms with E-state index in [-0.39, 0.29) is 0 Å². The molecule has 2 atom stereocenters. The smallest absolute Gasteiger partial charge is 0.0623 e. The van der Waals surface area contributed by atoms with Crippen molar-refractivity contribution in [2.75, 3.05) is 26.2 Å². The van der Waals surface area contributed by atoms with E-state index in [4.69, 9.17) is 0 Å². The van der Waals surface area contributed by atoms with Gasteiger partial charge in [0.1, 0.15) is 0 Å². The minimum Gasteiger partial charge on any atom is -0.287 e. The van der Waals surface area contributed by atoms with Gasteiger partial charge in [0.15, 0.2) is 0 Å².